The average Bonchev–Trinajstić information content (AvgIpc) is 3.49. The van der Waals surface area contributed by atoms with Crippen LogP contribution < -0.4 is 10.6 Å². The number of benzene rings is 2. The van der Waals surface area contributed by atoms with Crippen LogP contribution in [0.25, 0.3) is 11.3 Å². The Hall–Kier alpha value is -3.39. The zero-order valence-electron chi connectivity index (χ0n) is 19.9. The molecule has 0 aliphatic carbocycles. The molecule has 1 fully saturated rings. The molecule has 2 atom stereocenters. The predicted molar refractivity (Wildman–Crippen MR) is 151 cm³/mol. The molecule has 1 amide bonds. The second-order valence-electron chi connectivity index (χ2n) is 8.82. The lowest BCUT2D eigenvalue weighted by Crippen LogP contribution is -2.32. The van der Waals surface area contributed by atoms with Crippen LogP contribution in [0.1, 0.15) is 35.5 Å². The lowest BCUT2D eigenvalue weighted by molar-refractivity contribution is -0.116. The zero-order chi connectivity index (χ0) is 25.9. The van der Waals surface area contributed by atoms with Crippen molar-refractivity contribution in [2.75, 3.05) is 11.9 Å². The molecule has 9 heteroatoms. The van der Waals surface area contributed by atoms with Gasteiger partial charge in [0.05, 0.1) is 21.8 Å². The van der Waals surface area contributed by atoms with Gasteiger partial charge in [0, 0.05) is 30.4 Å². The number of halogens is 2. The summed E-state index contributed by atoms with van der Waals surface area (Å²) in [6, 6.07) is 22.1. The molecule has 0 radical (unpaired) electrons. The highest BCUT2D eigenvalue weighted by Crippen LogP contribution is 2.41. The molecule has 3 heterocycles. The van der Waals surface area contributed by atoms with Crippen LogP contribution in [0.2, 0.25) is 10.0 Å². The molecule has 2 aromatic carbocycles. The van der Waals surface area contributed by atoms with E-state index in [2.05, 4.69) is 15.6 Å². The van der Waals surface area contributed by atoms with E-state index < -0.39 is 0 Å². The standard InChI is InChI=1S/C28H24Cl2N4O2S/c1-17-5-4-6-19(15-17)32-25(35)12-14-34-27(26(33-28(34)37)22-7-2-3-13-31-22)24-11-10-23(36-24)18-8-9-20(29)21(30)16-18/h2-11,13,15-16,26-27H,12,14H2,1H3,(H,32,35)(H,33,37)/t26-,27+/m1/s1. The van der Waals surface area contributed by atoms with Gasteiger partial charge in [-0.1, -0.05) is 41.4 Å². The van der Waals surface area contributed by atoms with E-state index in [4.69, 9.17) is 39.8 Å². The minimum atomic E-state index is -0.300. The summed E-state index contributed by atoms with van der Waals surface area (Å²) in [5.41, 5.74) is 3.49. The maximum absolute atomic E-state index is 12.8. The highest BCUT2D eigenvalue weighted by molar-refractivity contribution is 7.80. The summed E-state index contributed by atoms with van der Waals surface area (Å²) >= 11 is 18.0. The third-order valence-corrected chi connectivity index (χ3v) is 7.29. The normalized spacial score (nSPS) is 17.1. The molecule has 2 aromatic heterocycles. The Kier molecular flexibility index (Phi) is 7.46. The van der Waals surface area contributed by atoms with E-state index in [1.807, 2.05) is 72.5 Å². The van der Waals surface area contributed by atoms with Crippen LogP contribution in [-0.2, 0) is 4.79 Å². The Morgan fingerprint density at radius 2 is 1.95 bits per heavy atom. The lowest BCUT2D eigenvalue weighted by Gasteiger charge is -2.25. The highest BCUT2D eigenvalue weighted by atomic mass is 35.5. The van der Waals surface area contributed by atoms with Crippen LogP contribution in [0, 0.1) is 6.92 Å². The minimum absolute atomic E-state index is 0.0932. The number of rotatable bonds is 7. The Morgan fingerprint density at radius 1 is 1.08 bits per heavy atom. The Bertz CT molecular complexity index is 1440. The number of hydrogen-bond acceptors (Lipinski definition) is 4. The van der Waals surface area contributed by atoms with E-state index in [1.54, 1.807) is 18.3 Å². The van der Waals surface area contributed by atoms with Gasteiger partial charge in [0.25, 0.3) is 0 Å². The van der Waals surface area contributed by atoms with E-state index in [9.17, 15) is 4.79 Å². The van der Waals surface area contributed by atoms with Crippen LogP contribution in [0.15, 0.2) is 83.4 Å². The number of pyridine rings is 1. The molecule has 5 rings (SSSR count). The van der Waals surface area contributed by atoms with E-state index in [1.165, 1.54) is 0 Å². The van der Waals surface area contributed by atoms with Gasteiger partial charge in [-0.05, 0) is 79.3 Å². The van der Waals surface area contributed by atoms with Gasteiger partial charge in [-0.15, -0.1) is 0 Å². The number of anilines is 1. The molecule has 1 aliphatic heterocycles. The second-order valence-corrected chi connectivity index (χ2v) is 10.0. The highest BCUT2D eigenvalue weighted by Gasteiger charge is 2.41. The summed E-state index contributed by atoms with van der Waals surface area (Å²) in [6.45, 7) is 2.39. The van der Waals surface area contributed by atoms with Gasteiger partial charge in [-0.2, -0.15) is 0 Å². The van der Waals surface area contributed by atoms with Gasteiger partial charge in [0.15, 0.2) is 5.11 Å². The third-order valence-electron chi connectivity index (χ3n) is 6.20. The zero-order valence-corrected chi connectivity index (χ0v) is 22.3. The summed E-state index contributed by atoms with van der Waals surface area (Å²) in [4.78, 5) is 19.3. The van der Waals surface area contributed by atoms with Crippen molar-refractivity contribution in [3.63, 3.8) is 0 Å². The quantitative estimate of drug-likeness (QED) is 0.242. The molecule has 2 N–H and O–H groups in total. The molecule has 1 aliphatic rings. The van der Waals surface area contributed by atoms with Crippen molar-refractivity contribution >= 4 is 52.1 Å². The summed E-state index contributed by atoms with van der Waals surface area (Å²) in [5.74, 6) is 1.26. The first-order valence-corrected chi connectivity index (χ1v) is 13.0. The topological polar surface area (TPSA) is 70.4 Å². The molecule has 0 unspecified atom stereocenters. The molecule has 0 spiro atoms. The third kappa shape index (κ3) is 5.64. The Morgan fingerprint density at radius 3 is 2.70 bits per heavy atom. The van der Waals surface area contributed by atoms with Gasteiger partial charge in [-0.3, -0.25) is 9.78 Å². The molecule has 4 aromatic rings. The maximum Gasteiger partial charge on any atom is 0.226 e. The average molecular weight is 551 g/mol. The van der Waals surface area contributed by atoms with Gasteiger partial charge < -0.3 is 20.0 Å². The summed E-state index contributed by atoms with van der Waals surface area (Å²) in [6.07, 6.45) is 2.00. The number of thiocarbonyl (C=S) groups is 1. The largest absolute Gasteiger partial charge is 0.459 e. The maximum atomic E-state index is 12.8. The van der Waals surface area contributed by atoms with Crippen molar-refractivity contribution < 1.29 is 9.21 Å². The number of amides is 1. The van der Waals surface area contributed by atoms with Crippen LogP contribution in [0.5, 0.6) is 0 Å². The van der Waals surface area contributed by atoms with Crippen LogP contribution in [0.3, 0.4) is 0 Å². The van der Waals surface area contributed by atoms with Crippen molar-refractivity contribution in [1.82, 2.24) is 15.2 Å². The van der Waals surface area contributed by atoms with Gasteiger partial charge in [0.2, 0.25) is 5.91 Å². The number of nitrogens with zero attached hydrogens (tertiary/aromatic N) is 2. The first kappa shape index (κ1) is 25.3. The number of hydrogen-bond donors (Lipinski definition) is 2. The van der Waals surface area contributed by atoms with Crippen molar-refractivity contribution in [2.24, 2.45) is 0 Å². The smallest absolute Gasteiger partial charge is 0.226 e. The molecular weight excluding hydrogens is 527 g/mol. The van der Waals surface area contributed by atoms with Crippen molar-refractivity contribution in [1.29, 1.82) is 0 Å². The molecule has 0 saturated carbocycles. The van der Waals surface area contributed by atoms with Crippen LogP contribution >= 0.6 is 35.4 Å². The Balaban J connectivity index is 1.40. The van der Waals surface area contributed by atoms with Crippen molar-refractivity contribution in [3.8, 4) is 11.3 Å². The molecule has 6 nitrogen and oxygen atoms in total. The number of carbonyl (C=O) groups excluding carboxylic acids is 1. The van der Waals surface area contributed by atoms with E-state index in [0.29, 0.717) is 33.2 Å². The summed E-state index contributed by atoms with van der Waals surface area (Å²) in [5, 5.41) is 7.82. The van der Waals surface area contributed by atoms with Gasteiger partial charge in [0.1, 0.15) is 17.6 Å². The number of carbonyl (C=O) groups is 1. The molecule has 188 valence electrons. The molecule has 37 heavy (non-hydrogen) atoms. The molecule has 0 bridgehead atoms. The lowest BCUT2D eigenvalue weighted by atomic mass is 10.0. The van der Waals surface area contributed by atoms with Crippen LogP contribution in [-0.4, -0.2) is 27.4 Å². The SMILES string of the molecule is Cc1cccc(NC(=O)CCN2C(=S)N[C@H](c3ccccn3)[C@@H]2c2ccc(-c3ccc(Cl)c(Cl)c3)o2)c1. The fourth-order valence-electron chi connectivity index (χ4n) is 4.44. The Labute approximate surface area is 230 Å². The summed E-state index contributed by atoms with van der Waals surface area (Å²) < 4.78 is 6.32. The van der Waals surface area contributed by atoms with Crippen LogP contribution in [0.4, 0.5) is 5.69 Å². The fraction of sp³-hybridized carbons (Fsp3) is 0.179. The van der Waals surface area contributed by atoms with Crippen molar-refractivity contribution in [3.05, 3.63) is 106 Å². The van der Waals surface area contributed by atoms with Gasteiger partial charge in [-0.25, -0.2) is 0 Å². The predicted octanol–water partition coefficient (Wildman–Crippen LogP) is 6.96. The number of aryl methyl sites for hydroxylation is 1. The number of nitrogens with one attached hydrogen (secondary N) is 2. The number of aromatic nitrogens is 1. The van der Waals surface area contributed by atoms with E-state index in [0.717, 1.165) is 22.5 Å². The summed E-state index contributed by atoms with van der Waals surface area (Å²) in [7, 11) is 0. The molecule has 1 saturated heterocycles. The second kappa shape index (κ2) is 10.9. The van der Waals surface area contributed by atoms with E-state index >= 15 is 0 Å². The molecular formula is C28H24Cl2N4O2S. The minimum Gasteiger partial charge on any atom is -0.459 e. The van der Waals surface area contributed by atoms with E-state index in [-0.39, 0.29) is 24.4 Å². The monoisotopic (exact) mass is 550 g/mol. The van der Waals surface area contributed by atoms with Crippen molar-refractivity contribution in [2.45, 2.75) is 25.4 Å². The first-order chi connectivity index (χ1) is 17.9. The first-order valence-electron chi connectivity index (χ1n) is 11.8. The number of furan rings is 1. The fourth-order valence-corrected chi connectivity index (χ4v) is 5.07. The van der Waals surface area contributed by atoms with Gasteiger partial charge >= 0.3 is 0 Å².